The first-order valence-electron chi connectivity index (χ1n) is 9.04. The molecule has 130 valence electrons. The van der Waals surface area contributed by atoms with Crippen LogP contribution in [0.5, 0.6) is 0 Å². The Hall–Kier alpha value is -1.85. The number of rotatable bonds is 5. The molecule has 6 heteroatoms. The van der Waals surface area contributed by atoms with Crippen molar-refractivity contribution in [2.45, 2.75) is 51.9 Å². The number of aromatic nitrogens is 1. The van der Waals surface area contributed by atoms with Crippen molar-refractivity contribution >= 4 is 17.6 Å². The van der Waals surface area contributed by atoms with Gasteiger partial charge in [0.05, 0.1) is 0 Å². The molecule has 4 bridgehead atoms. The van der Waals surface area contributed by atoms with Crippen molar-refractivity contribution in [1.82, 2.24) is 10.5 Å². The minimum Gasteiger partial charge on any atom is -0.360 e. The Kier molecular flexibility index (Phi) is 3.85. The Morgan fingerprint density at radius 2 is 1.83 bits per heavy atom. The normalized spacial score (nSPS) is 33.5. The standard InChI is InChI=1S/C18H25N3O3/c1-11-4-15(21-24-11)20-16(22)2-3-19-17(23)18-8-12-5-13(9-18)7-14(6-12)10-18/h4,12-14H,2-3,5-10H2,1H3,(H,19,23)(H,20,21,22). The first-order valence-corrected chi connectivity index (χ1v) is 9.04. The second-order valence-electron chi connectivity index (χ2n) is 8.07. The number of aryl methyl sites for hydroxylation is 1. The maximum Gasteiger partial charge on any atom is 0.227 e. The van der Waals surface area contributed by atoms with Crippen molar-refractivity contribution < 1.29 is 14.1 Å². The van der Waals surface area contributed by atoms with Crippen LogP contribution in [-0.2, 0) is 9.59 Å². The molecule has 4 fully saturated rings. The highest BCUT2D eigenvalue weighted by molar-refractivity contribution is 5.90. The van der Waals surface area contributed by atoms with E-state index in [-0.39, 0.29) is 23.7 Å². The molecule has 1 aromatic heterocycles. The Morgan fingerprint density at radius 3 is 2.38 bits per heavy atom. The quantitative estimate of drug-likeness (QED) is 0.869. The largest absolute Gasteiger partial charge is 0.360 e. The zero-order chi connectivity index (χ0) is 16.7. The van der Waals surface area contributed by atoms with Gasteiger partial charge in [-0.1, -0.05) is 5.16 Å². The lowest BCUT2D eigenvalue weighted by molar-refractivity contribution is -0.146. The zero-order valence-corrected chi connectivity index (χ0v) is 14.1. The molecule has 0 aromatic carbocycles. The summed E-state index contributed by atoms with van der Waals surface area (Å²) in [5.74, 6) is 3.34. The van der Waals surface area contributed by atoms with Crippen LogP contribution in [0.1, 0.15) is 50.7 Å². The Morgan fingerprint density at radius 1 is 1.21 bits per heavy atom. The fourth-order valence-electron chi connectivity index (χ4n) is 5.50. The van der Waals surface area contributed by atoms with Crippen LogP contribution in [0.3, 0.4) is 0 Å². The first-order chi connectivity index (χ1) is 11.5. The highest BCUT2D eigenvalue weighted by Crippen LogP contribution is 2.60. The molecule has 0 saturated heterocycles. The molecular weight excluding hydrogens is 306 g/mol. The third-order valence-electron chi connectivity index (χ3n) is 6.05. The van der Waals surface area contributed by atoms with Crippen LogP contribution in [0.2, 0.25) is 0 Å². The van der Waals surface area contributed by atoms with Gasteiger partial charge in [0.1, 0.15) is 5.76 Å². The van der Waals surface area contributed by atoms with E-state index in [4.69, 9.17) is 4.52 Å². The van der Waals surface area contributed by atoms with Crippen LogP contribution in [-0.4, -0.2) is 23.5 Å². The van der Waals surface area contributed by atoms with Gasteiger partial charge in [-0.15, -0.1) is 0 Å². The van der Waals surface area contributed by atoms with Crippen LogP contribution in [0.25, 0.3) is 0 Å². The number of hydrogen-bond acceptors (Lipinski definition) is 4. The molecule has 0 atom stereocenters. The Balaban J connectivity index is 1.27. The molecule has 4 aliphatic carbocycles. The van der Waals surface area contributed by atoms with Gasteiger partial charge in [-0.25, -0.2) is 0 Å². The Labute approximate surface area is 141 Å². The molecule has 5 rings (SSSR count). The van der Waals surface area contributed by atoms with E-state index in [1.807, 2.05) is 0 Å². The van der Waals surface area contributed by atoms with Gasteiger partial charge in [0, 0.05) is 24.4 Å². The SMILES string of the molecule is Cc1cc(NC(=O)CCNC(=O)C23CC4CC(CC(C4)C2)C3)no1. The van der Waals surface area contributed by atoms with Gasteiger partial charge < -0.3 is 15.2 Å². The molecule has 1 aromatic rings. The van der Waals surface area contributed by atoms with Crippen LogP contribution < -0.4 is 10.6 Å². The van der Waals surface area contributed by atoms with E-state index < -0.39 is 0 Å². The summed E-state index contributed by atoms with van der Waals surface area (Å²) < 4.78 is 4.91. The van der Waals surface area contributed by atoms with Crippen molar-refractivity contribution in [3.8, 4) is 0 Å². The third-order valence-corrected chi connectivity index (χ3v) is 6.05. The van der Waals surface area contributed by atoms with Gasteiger partial charge in [0.15, 0.2) is 5.82 Å². The predicted octanol–water partition coefficient (Wildman–Crippen LogP) is 2.64. The average Bonchev–Trinajstić information content (AvgIpc) is 2.90. The van der Waals surface area contributed by atoms with Gasteiger partial charge in [0.25, 0.3) is 0 Å². The van der Waals surface area contributed by atoms with E-state index in [1.54, 1.807) is 13.0 Å². The van der Waals surface area contributed by atoms with Crippen molar-refractivity contribution in [2.24, 2.45) is 23.2 Å². The second-order valence-corrected chi connectivity index (χ2v) is 8.07. The topological polar surface area (TPSA) is 84.2 Å². The van der Waals surface area contributed by atoms with Gasteiger partial charge >= 0.3 is 0 Å². The number of carbonyl (C=O) groups excluding carboxylic acids is 2. The van der Waals surface area contributed by atoms with E-state index >= 15 is 0 Å². The fourth-order valence-corrected chi connectivity index (χ4v) is 5.50. The van der Waals surface area contributed by atoms with Crippen molar-refractivity contribution in [3.05, 3.63) is 11.8 Å². The van der Waals surface area contributed by atoms with Crippen LogP contribution in [0.4, 0.5) is 5.82 Å². The summed E-state index contributed by atoms with van der Waals surface area (Å²) in [5.41, 5.74) is -0.144. The van der Waals surface area contributed by atoms with Crippen LogP contribution in [0.15, 0.2) is 10.6 Å². The summed E-state index contributed by atoms with van der Waals surface area (Å²) in [4.78, 5) is 24.7. The molecule has 6 nitrogen and oxygen atoms in total. The number of nitrogens with zero attached hydrogens (tertiary/aromatic N) is 1. The highest BCUT2D eigenvalue weighted by Gasteiger charge is 2.54. The summed E-state index contributed by atoms with van der Waals surface area (Å²) in [6, 6.07) is 1.67. The van der Waals surface area contributed by atoms with Gasteiger partial charge in [-0.3, -0.25) is 9.59 Å². The number of hydrogen-bond donors (Lipinski definition) is 2. The van der Waals surface area contributed by atoms with Gasteiger partial charge in [-0.2, -0.15) is 0 Å². The van der Waals surface area contributed by atoms with Crippen molar-refractivity contribution in [3.63, 3.8) is 0 Å². The first kappa shape index (κ1) is 15.7. The van der Waals surface area contributed by atoms with Gasteiger partial charge in [0.2, 0.25) is 11.8 Å². The van der Waals surface area contributed by atoms with Crippen molar-refractivity contribution in [2.75, 3.05) is 11.9 Å². The summed E-state index contributed by atoms with van der Waals surface area (Å²) in [5, 5.41) is 9.43. The zero-order valence-electron chi connectivity index (χ0n) is 14.1. The number of anilines is 1. The lowest BCUT2D eigenvalue weighted by Crippen LogP contribution is -2.53. The second kappa shape index (κ2) is 5.90. The van der Waals surface area contributed by atoms with E-state index in [2.05, 4.69) is 15.8 Å². The average molecular weight is 331 g/mol. The summed E-state index contributed by atoms with van der Waals surface area (Å²) in [6.45, 7) is 2.15. The van der Waals surface area contributed by atoms with Crippen LogP contribution >= 0.6 is 0 Å². The minimum absolute atomic E-state index is 0.144. The molecule has 2 amide bonds. The third kappa shape index (κ3) is 2.94. The van der Waals surface area contributed by atoms with E-state index in [1.165, 1.54) is 19.3 Å². The van der Waals surface area contributed by atoms with E-state index in [0.717, 1.165) is 37.0 Å². The number of carbonyl (C=O) groups is 2. The van der Waals surface area contributed by atoms with Gasteiger partial charge in [-0.05, 0) is 63.2 Å². The molecular formula is C18H25N3O3. The number of nitrogens with one attached hydrogen (secondary N) is 2. The number of amides is 2. The summed E-state index contributed by atoms with van der Waals surface area (Å²) in [7, 11) is 0. The fraction of sp³-hybridized carbons (Fsp3) is 0.722. The molecule has 2 N–H and O–H groups in total. The van der Waals surface area contributed by atoms with Crippen molar-refractivity contribution in [1.29, 1.82) is 0 Å². The lowest BCUT2D eigenvalue weighted by Gasteiger charge is -2.55. The van der Waals surface area contributed by atoms with Crippen LogP contribution in [0, 0.1) is 30.1 Å². The maximum atomic E-state index is 12.8. The molecule has 24 heavy (non-hydrogen) atoms. The molecule has 0 unspecified atom stereocenters. The van der Waals surface area contributed by atoms with E-state index in [0.29, 0.717) is 18.1 Å². The molecule has 0 radical (unpaired) electrons. The maximum absolute atomic E-state index is 12.8. The highest BCUT2D eigenvalue weighted by atomic mass is 16.5. The Bertz CT molecular complexity index is 616. The molecule has 0 spiro atoms. The molecule has 1 heterocycles. The molecule has 4 saturated carbocycles. The lowest BCUT2D eigenvalue weighted by atomic mass is 9.49. The molecule has 0 aliphatic heterocycles. The molecule has 4 aliphatic rings. The van der Waals surface area contributed by atoms with E-state index in [9.17, 15) is 9.59 Å². The predicted molar refractivity (Wildman–Crippen MR) is 88.1 cm³/mol. The smallest absolute Gasteiger partial charge is 0.227 e. The summed E-state index contributed by atoms with van der Waals surface area (Å²) >= 11 is 0. The monoisotopic (exact) mass is 331 g/mol. The summed E-state index contributed by atoms with van der Waals surface area (Å²) in [6.07, 6.45) is 7.38. The minimum atomic E-state index is -0.158.